The van der Waals surface area contributed by atoms with E-state index in [-0.39, 0.29) is 16.6 Å². The van der Waals surface area contributed by atoms with Crippen molar-refractivity contribution in [2.45, 2.75) is 36.9 Å². The van der Waals surface area contributed by atoms with Crippen LogP contribution in [0.1, 0.15) is 40.2 Å². The van der Waals surface area contributed by atoms with Gasteiger partial charge < -0.3 is 20.1 Å². The van der Waals surface area contributed by atoms with Crippen molar-refractivity contribution in [1.29, 1.82) is 0 Å². The quantitative estimate of drug-likeness (QED) is 0.269. The highest BCUT2D eigenvalue weighted by Crippen LogP contribution is 2.24. The minimum atomic E-state index is -3.54. The van der Waals surface area contributed by atoms with Gasteiger partial charge in [-0.15, -0.1) is 0 Å². The number of sulfonamides is 1. The Balaban J connectivity index is 1.50. The molecule has 0 aliphatic carbocycles. The number of hydrogen-bond donors (Lipinski definition) is 3. The zero-order chi connectivity index (χ0) is 27.4. The number of nitrogens with one attached hydrogen (secondary N) is 1. The largest absolute Gasteiger partial charge is 0.477 e. The first-order chi connectivity index (χ1) is 18.1. The predicted octanol–water partition coefficient (Wildman–Crippen LogP) is 3.89. The molecule has 4 rings (SSSR count). The van der Waals surface area contributed by atoms with Crippen LogP contribution in [0.2, 0.25) is 0 Å². The Morgan fingerprint density at radius 3 is 2.26 bits per heavy atom. The van der Waals surface area contributed by atoms with Gasteiger partial charge in [-0.05, 0) is 60.4 Å². The second-order valence-electron chi connectivity index (χ2n) is 9.69. The third-order valence-corrected chi connectivity index (χ3v) is 8.44. The van der Waals surface area contributed by atoms with Crippen LogP contribution in [0.3, 0.4) is 0 Å². The normalized spacial score (nSPS) is 13.6. The number of carboxylic acid groups (broad SMARTS) is 1. The van der Waals surface area contributed by atoms with Crippen LogP contribution in [-0.4, -0.2) is 60.2 Å². The summed E-state index contributed by atoms with van der Waals surface area (Å²) in [6.45, 7) is 2.78. The van der Waals surface area contributed by atoms with Crippen LogP contribution < -0.4 is 5.32 Å². The molecule has 1 heterocycles. The molecule has 8 nitrogen and oxygen atoms in total. The van der Waals surface area contributed by atoms with E-state index in [0.717, 1.165) is 31.9 Å². The maximum absolute atomic E-state index is 12.4. The average molecular weight is 536 g/mol. The van der Waals surface area contributed by atoms with Crippen LogP contribution in [0, 0.1) is 0 Å². The van der Waals surface area contributed by atoms with Gasteiger partial charge in [0.25, 0.3) is 0 Å². The first kappa shape index (κ1) is 27.5. The fourth-order valence-corrected chi connectivity index (χ4v) is 5.39. The number of nitrogens with zero attached hydrogens (tertiary/aromatic N) is 2. The van der Waals surface area contributed by atoms with E-state index < -0.39 is 22.1 Å². The molecule has 4 aromatic rings. The fraction of sp³-hybridized carbons (Fsp3) is 0.276. The van der Waals surface area contributed by atoms with Crippen molar-refractivity contribution in [2.24, 2.45) is 0 Å². The maximum atomic E-state index is 12.4. The summed E-state index contributed by atoms with van der Waals surface area (Å²) in [5, 5.41) is 24.5. The number of aromatic nitrogens is 1. The number of hydrogen-bond acceptors (Lipinski definition) is 5. The molecule has 38 heavy (non-hydrogen) atoms. The molecule has 3 N–H and O–H groups in total. The minimum Gasteiger partial charge on any atom is -0.477 e. The number of aliphatic hydroxyl groups is 1. The second-order valence-corrected chi connectivity index (χ2v) is 11.8. The molecule has 9 heteroatoms. The minimum absolute atomic E-state index is 0.101. The first-order valence-electron chi connectivity index (χ1n) is 12.4. The Morgan fingerprint density at radius 2 is 1.63 bits per heavy atom. The van der Waals surface area contributed by atoms with Crippen LogP contribution in [0.4, 0.5) is 0 Å². The van der Waals surface area contributed by atoms with Crippen molar-refractivity contribution in [3.8, 4) is 0 Å². The molecule has 0 spiro atoms. The van der Waals surface area contributed by atoms with E-state index in [9.17, 15) is 23.4 Å². The Kier molecular flexibility index (Phi) is 8.32. The van der Waals surface area contributed by atoms with Gasteiger partial charge in [0.05, 0.1) is 11.0 Å². The SMILES string of the molecule is CC(Cc1ccc2c(c1)cc(C(=O)O)n2Cc1ccc(S(=O)(=O)N(C)C)cc1)NCC(O)c1ccccc1. The Bertz CT molecular complexity index is 1510. The highest BCUT2D eigenvalue weighted by Gasteiger charge is 2.19. The number of benzene rings is 3. The molecule has 3 aromatic carbocycles. The van der Waals surface area contributed by atoms with Gasteiger partial charge in [0.2, 0.25) is 10.0 Å². The van der Waals surface area contributed by atoms with Crippen molar-refractivity contribution >= 4 is 26.9 Å². The lowest BCUT2D eigenvalue weighted by Gasteiger charge is -2.18. The summed E-state index contributed by atoms with van der Waals surface area (Å²) in [5.74, 6) is -1.03. The van der Waals surface area contributed by atoms with E-state index in [1.54, 1.807) is 22.8 Å². The van der Waals surface area contributed by atoms with Gasteiger partial charge in [0.15, 0.2) is 0 Å². The van der Waals surface area contributed by atoms with Crippen molar-refractivity contribution in [1.82, 2.24) is 14.2 Å². The van der Waals surface area contributed by atoms with Gasteiger partial charge >= 0.3 is 5.97 Å². The standard InChI is InChI=1S/C29H33N3O5S/c1-20(30-18-28(33)23-7-5-4-6-8-23)15-22-11-14-26-24(16-22)17-27(29(34)35)32(26)19-21-9-12-25(13-10-21)38(36,37)31(2)3/h4-14,16-17,20,28,30,33H,15,18-19H2,1-3H3,(H,34,35). The number of fused-ring (bicyclic) bond motifs is 1. The summed E-state index contributed by atoms with van der Waals surface area (Å²) in [7, 11) is -0.577. The van der Waals surface area contributed by atoms with Crippen molar-refractivity contribution < 1.29 is 23.4 Å². The maximum Gasteiger partial charge on any atom is 0.352 e. The van der Waals surface area contributed by atoms with Gasteiger partial charge in [-0.2, -0.15) is 0 Å². The predicted molar refractivity (Wildman–Crippen MR) is 148 cm³/mol. The number of aromatic carboxylic acids is 1. The van der Waals surface area contributed by atoms with Gasteiger partial charge in [-0.3, -0.25) is 0 Å². The van der Waals surface area contributed by atoms with Crippen LogP contribution in [-0.2, 0) is 23.0 Å². The summed E-state index contributed by atoms with van der Waals surface area (Å²) in [5.41, 5.74) is 3.67. The highest BCUT2D eigenvalue weighted by atomic mass is 32.2. The molecule has 0 saturated heterocycles. The van der Waals surface area contributed by atoms with Gasteiger partial charge in [0.1, 0.15) is 5.69 Å². The molecule has 0 aliphatic heterocycles. The number of carboxylic acids is 1. The van der Waals surface area contributed by atoms with Gasteiger partial charge in [0, 0.05) is 44.1 Å². The van der Waals surface area contributed by atoms with Crippen LogP contribution >= 0.6 is 0 Å². The monoisotopic (exact) mass is 535 g/mol. The fourth-order valence-electron chi connectivity index (χ4n) is 4.49. The Morgan fingerprint density at radius 1 is 0.974 bits per heavy atom. The zero-order valence-electron chi connectivity index (χ0n) is 21.7. The molecule has 2 unspecified atom stereocenters. The molecule has 0 bridgehead atoms. The van der Waals surface area contributed by atoms with Crippen molar-refractivity contribution in [3.63, 3.8) is 0 Å². The third kappa shape index (κ3) is 6.14. The van der Waals surface area contributed by atoms with Crippen LogP contribution in [0.5, 0.6) is 0 Å². The van der Waals surface area contributed by atoms with Crippen molar-refractivity contribution in [3.05, 3.63) is 101 Å². The molecule has 1 aromatic heterocycles. The molecule has 0 fully saturated rings. The van der Waals surface area contributed by atoms with Crippen molar-refractivity contribution in [2.75, 3.05) is 20.6 Å². The summed E-state index contributed by atoms with van der Waals surface area (Å²) in [6.07, 6.45) is 0.123. The van der Waals surface area contributed by atoms with E-state index in [2.05, 4.69) is 12.2 Å². The van der Waals surface area contributed by atoms with E-state index in [4.69, 9.17) is 0 Å². The molecule has 0 radical (unpaired) electrons. The highest BCUT2D eigenvalue weighted by molar-refractivity contribution is 7.89. The number of rotatable bonds is 11. The average Bonchev–Trinajstić information content (AvgIpc) is 3.25. The molecule has 0 aliphatic rings. The van der Waals surface area contributed by atoms with E-state index in [1.165, 1.54) is 26.2 Å². The molecule has 0 amide bonds. The lowest BCUT2D eigenvalue weighted by molar-refractivity contribution is 0.0686. The summed E-state index contributed by atoms with van der Waals surface area (Å²) < 4.78 is 27.6. The second kappa shape index (κ2) is 11.5. The van der Waals surface area contributed by atoms with Crippen LogP contribution in [0.25, 0.3) is 10.9 Å². The molecular formula is C29H33N3O5S. The topological polar surface area (TPSA) is 112 Å². The van der Waals surface area contributed by atoms with Crippen LogP contribution in [0.15, 0.2) is 83.8 Å². The Labute approximate surface area is 223 Å². The van der Waals surface area contributed by atoms with Gasteiger partial charge in [-0.1, -0.05) is 48.5 Å². The molecule has 0 saturated carbocycles. The third-order valence-electron chi connectivity index (χ3n) is 6.61. The summed E-state index contributed by atoms with van der Waals surface area (Å²) in [6, 6.07) is 23.7. The summed E-state index contributed by atoms with van der Waals surface area (Å²) in [4.78, 5) is 12.2. The van der Waals surface area contributed by atoms with E-state index in [1.807, 2.05) is 48.5 Å². The summed E-state index contributed by atoms with van der Waals surface area (Å²) >= 11 is 0. The van der Waals surface area contributed by atoms with E-state index in [0.29, 0.717) is 19.5 Å². The number of carbonyl (C=O) groups is 1. The lowest BCUT2D eigenvalue weighted by atomic mass is 10.0. The lowest BCUT2D eigenvalue weighted by Crippen LogP contribution is -2.32. The number of aliphatic hydroxyl groups excluding tert-OH is 1. The first-order valence-corrected chi connectivity index (χ1v) is 13.8. The molecule has 2 atom stereocenters. The van der Waals surface area contributed by atoms with Gasteiger partial charge in [-0.25, -0.2) is 17.5 Å². The molecular weight excluding hydrogens is 502 g/mol. The molecule has 200 valence electrons. The van der Waals surface area contributed by atoms with E-state index >= 15 is 0 Å². The smallest absolute Gasteiger partial charge is 0.352 e. The zero-order valence-corrected chi connectivity index (χ0v) is 22.5. The Hall–Kier alpha value is -3.50.